The van der Waals surface area contributed by atoms with Crippen LogP contribution in [0.5, 0.6) is 5.75 Å². The van der Waals surface area contributed by atoms with E-state index in [0.717, 1.165) is 22.0 Å². The van der Waals surface area contributed by atoms with Crippen molar-refractivity contribution >= 4 is 34.7 Å². The molecule has 4 N–H and O–H groups in total. The number of nitrogens with zero attached hydrogens (tertiary/aromatic N) is 1. The number of ether oxygens (including phenoxy) is 1. The van der Waals surface area contributed by atoms with Crippen molar-refractivity contribution in [2.75, 3.05) is 14.1 Å². The van der Waals surface area contributed by atoms with E-state index >= 15 is 0 Å². The first-order valence-corrected chi connectivity index (χ1v) is 14.6. The number of benzene rings is 2. The smallest absolute Gasteiger partial charge is 0.247 e. The Bertz CT molecular complexity index is 1410. The second-order valence-electron chi connectivity index (χ2n) is 12.0. The Morgan fingerprint density at radius 3 is 2.38 bits per heavy atom. The number of likely N-dealkylation sites (N-methyl/N-ethyl adjacent to an activating group) is 1. The fourth-order valence-corrected chi connectivity index (χ4v) is 5.25. The summed E-state index contributed by atoms with van der Waals surface area (Å²) in [6.45, 7) is 7.89. The molecule has 0 aliphatic carbocycles. The molecule has 9 heteroatoms. The summed E-state index contributed by atoms with van der Waals surface area (Å²) in [5.74, 6) is -0.498. The molecule has 5 rings (SSSR count). The van der Waals surface area contributed by atoms with Gasteiger partial charge >= 0.3 is 0 Å². The Kier molecular flexibility index (Phi) is 10.1. The van der Waals surface area contributed by atoms with Gasteiger partial charge in [0.2, 0.25) is 17.7 Å². The first-order valence-electron chi connectivity index (χ1n) is 14.6. The number of rotatable bonds is 8. The van der Waals surface area contributed by atoms with Crippen molar-refractivity contribution in [2.45, 2.75) is 64.8 Å². The highest BCUT2D eigenvalue weighted by Gasteiger charge is 2.38. The van der Waals surface area contributed by atoms with E-state index in [4.69, 9.17) is 4.74 Å². The summed E-state index contributed by atoms with van der Waals surface area (Å²) >= 11 is 0. The first kappa shape index (κ1) is 30.8. The highest BCUT2D eigenvalue weighted by Crippen LogP contribution is 2.23. The summed E-state index contributed by atoms with van der Waals surface area (Å²) in [7, 11) is 3.70. The van der Waals surface area contributed by atoms with Crippen LogP contribution in [0.1, 0.15) is 45.2 Å². The van der Waals surface area contributed by atoms with Gasteiger partial charge in [0.15, 0.2) is 0 Å². The van der Waals surface area contributed by atoms with Gasteiger partial charge in [0.25, 0.3) is 0 Å². The fraction of sp³-hybridized carbons (Fsp3) is 0.424. The van der Waals surface area contributed by atoms with Crippen LogP contribution in [0.15, 0.2) is 60.9 Å². The fourth-order valence-electron chi connectivity index (χ4n) is 5.25. The number of hydrogen-bond acceptors (Lipinski definition) is 5. The number of amides is 3. The largest absolute Gasteiger partial charge is 0.487 e. The molecule has 42 heavy (non-hydrogen) atoms. The molecular weight excluding hydrogens is 530 g/mol. The Hall–Kier alpha value is -4.11. The first-order chi connectivity index (χ1) is 20.0. The monoisotopic (exact) mass is 573 g/mol. The number of hydrogen-bond donors (Lipinski definition) is 4. The molecule has 3 heterocycles. The number of carbonyl (C=O) groups excluding carboxylic acids is 3. The zero-order valence-electron chi connectivity index (χ0n) is 25.3. The summed E-state index contributed by atoms with van der Waals surface area (Å²) < 4.78 is 6.39. The third kappa shape index (κ3) is 7.59. The summed E-state index contributed by atoms with van der Waals surface area (Å²) in [6.07, 6.45) is 5.48. The van der Waals surface area contributed by atoms with Crippen molar-refractivity contribution < 1.29 is 19.1 Å². The highest BCUT2D eigenvalue weighted by molar-refractivity contribution is 5.94. The van der Waals surface area contributed by atoms with Gasteiger partial charge in [-0.2, -0.15) is 0 Å². The third-order valence-corrected chi connectivity index (χ3v) is 7.57. The van der Waals surface area contributed by atoms with E-state index in [2.05, 4.69) is 20.9 Å². The van der Waals surface area contributed by atoms with Crippen molar-refractivity contribution in [1.82, 2.24) is 25.8 Å². The molecule has 2 bridgehead atoms. The standard InChI is InChI=1S/C33H43N5O4/c1-20(2)17-27-31(39)34-16-15-22-11-13-24(14-12-22)42-30(21(3)4)29(33(41)36-27)37-32(40)28(38(5)6)18-23-19-35-26-10-8-7-9-25(23)26/h7-16,19-21,27-30,35H,17-18H2,1-6H3,(H,34,39)(H,36,41)(H,37,40)/b16-15-/t27-,28+,29+,30+/m1/s1. The van der Waals surface area contributed by atoms with Crippen molar-refractivity contribution in [3.63, 3.8) is 0 Å². The Balaban J connectivity index is 1.68. The van der Waals surface area contributed by atoms with Gasteiger partial charge in [-0.05, 0) is 74.2 Å². The second kappa shape index (κ2) is 13.7. The molecule has 2 aliphatic rings. The number of aromatic amines is 1. The summed E-state index contributed by atoms with van der Waals surface area (Å²) in [5.41, 5.74) is 2.90. The molecule has 4 atom stereocenters. The van der Waals surface area contributed by atoms with E-state index in [1.807, 2.05) is 101 Å². The van der Waals surface area contributed by atoms with Crippen LogP contribution in [0, 0.1) is 11.8 Å². The molecule has 0 fully saturated rings. The van der Waals surface area contributed by atoms with Crippen LogP contribution in [-0.4, -0.2) is 65.9 Å². The highest BCUT2D eigenvalue weighted by atomic mass is 16.5. The van der Waals surface area contributed by atoms with Crippen LogP contribution in [0.3, 0.4) is 0 Å². The zero-order chi connectivity index (χ0) is 30.4. The lowest BCUT2D eigenvalue weighted by Gasteiger charge is -2.34. The quantitative estimate of drug-likeness (QED) is 0.327. The minimum absolute atomic E-state index is 0.141. The van der Waals surface area contributed by atoms with Crippen molar-refractivity contribution in [2.24, 2.45) is 11.8 Å². The number of fused-ring (bicyclic) bond motifs is 11. The van der Waals surface area contributed by atoms with E-state index in [-0.39, 0.29) is 23.7 Å². The van der Waals surface area contributed by atoms with Crippen LogP contribution in [0.2, 0.25) is 0 Å². The third-order valence-electron chi connectivity index (χ3n) is 7.57. The molecule has 3 aromatic rings. The summed E-state index contributed by atoms with van der Waals surface area (Å²) in [5, 5.41) is 9.80. The maximum Gasteiger partial charge on any atom is 0.247 e. The zero-order valence-corrected chi connectivity index (χ0v) is 25.3. The van der Waals surface area contributed by atoms with Crippen molar-refractivity contribution in [3.05, 3.63) is 72.1 Å². The molecule has 0 spiro atoms. The average Bonchev–Trinajstić information content (AvgIpc) is 3.35. The van der Waals surface area contributed by atoms with Crippen LogP contribution < -0.4 is 20.7 Å². The number of aromatic nitrogens is 1. The molecule has 0 saturated carbocycles. The number of H-pyrrole nitrogens is 1. The van der Waals surface area contributed by atoms with Crippen LogP contribution >= 0.6 is 0 Å². The number of carbonyl (C=O) groups is 3. The summed E-state index contributed by atoms with van der Waals surface area (Å²) in [4.78, 5) is 46.2. The minimum Gasteiger partial charge on any atom is -0.487 e. The maximum atomic E-state index is 14.0. The lowest BCUT2D eigenvalue weighted by molar-refractivity contribution is -0.136. The molecule has 9 nitrogen and oxygen atoms in total. The average molecular weight is 574 g/mol. The Morgan fingerprint density at radius 1 is 1.00 bits per heavy atom. The van der Waals surface area contributed by atoms with E-state index in [1.165, 1.54) is 0 Å². The number of nitrogens with one attached hydrogen (secondary N) is 4. The van der Waals surface area contributed by atoms with Crippen molar-refractivity contribution in [1.29, 1.82) is 0 Å². The van der Waals surface area contributed by atoms with Gasteiger partial charge in [-0.15, -0.1) is 0 Å². The SMILES string of the molecule is CC(C)C[C@H]1NC(=O)[C@@H](NC(=O)[C@H](Cc2c[nH]c3ccccc23)N(C)C)[C@H](C(C)C)Oc2ccc(cc2)/C=C\NC1=O. The van der Waals surface area contributed by atoms with E-state index in [1.54, 1.807) is 12.3 Å². The predicted molar refractivity (Wildman–Crippen MR) is 166 cm³/mol. The molecule has 2 aliphatic heterocycles. The molecular formula is C33H43N5O4. The van der Waals surface area contributed by atoms with Crippen LogP contribution in [0.25, 0.3) is 17.0 Å². The lowest BCUT2D eigenvalue weighted by atomic mass is 9.96. The van der Waals surface area contributed by atoms with E-state index in [0.29, 0.717) is 18.6 Å². The van der Waals surface area contributed by atoms with Gasteiger partial charge in [-0.1, -0.05) is 58.0 Å². The molecule has 2 aromatic carbocycles. The molecule has 0 radical (unpaired) electrons. The normalized spacial score (nSPS) is 21.1. The van der Waals surface area contributed by atoms with Gasteiger partial charge in [0.1, 0.15) is 23.9 Å². The Labute approximate surface area is 248 Å². The molecule has 1 aromatic heterocycles. The van der Waals surface area contributed by atoms with Gasteiger partial charge < -0.3 is 25.7 Å². The van der Waals surface area contributed by atoms with Crippen molar-refractivity contribution in [3.8, 4) is 5.75 Å². The van der Waals surface area contributed by atoms with E-state index < -0.39 is 30.1 Å². The Morgan fingerprint density at radius 2 is 1.71 bits per heavy atom. The van der Waals surface area contributed by atoms with Gasteiger partial charge in [-0.3, -0.25) is 19.3 Å². The molecule has 224 valence electrons. The van der Waals surface area contributed by atoms with E-state index in [9.17, 15) is 14.4 Å². The molecule has 3 amide bonds. The predicted octanol–water partition coefficient (Wildman–Crippen LogP) is 3.86. The molecule has 0 saturated heterocycles. The topological polar surface area (TPSA) is 116 Å². The van der Waals surface area contributed by atoms with Crippen LogP contribution in [-0.2, 0) is 20.8 Å². The minimum atomic E-state index is -1.05. The maximum absolute atomic E-state index is 14.0. The van der Waals surface area contributed by atoms with Gasteiger partial charge in [0, 0.05) is 23.3 Å². The summed E-state index contributed by atoms with van der Waals surface area (Å²) in [6, 6.07) is 13.0. The number of para-hydroxylation sites is 1. The van der Waals surface area contributed by atoms with Crippen LogP contribution in [0.4, 0.5) is 0 Å². The van der Waals surface area contributed by atoms with Gasteiger partial charge in [0.05, 0.1) is 6.04 Å². The van der Waals surface area contributed by atoms with Gasteiger partial charge in [-0.25, -0.2) is 0 Å². The lowest BCUT2D eigenvalue weighted by Crippen LogP contribution is -2.62. The molecule has 0 unspecified atom stereocenters. The second-order valence-corrected chi connectivity index (χ2v) is 12.0.